The van der Waals surface area contributed by atoms with Crippen molar-refractivity contribution in [3.05, 3.63) is 34.3 Å². The van der Waals surface area contributed by atoms with Crippen molar-refractivity contribution in [1.29, 1.82) is 0 Å². The van der Waals surface area contributed by atoms with Crippen LogP contribution < -0.4 is 16.0 Å². The van der Waals surface area contributed by atoms with Gasteiger partial charge in [0.2, 0.25) is 70.9 Å². The van der Waals surface area contributed by atoms with Gasteiger partial charge in [0.05, 0.1) is 36.6 Å². The van der Waals surface area contributed by atoms with E-state index in [1.807, 2.05) is 34.6 Å². The first-order valence-corrected chi connectivity index (χ1v) is 35.6. The van der Waals surface area contributed by atoms with E-state index >= 15 is 28.8 Å². The third-order valence-electron chi connectivity index (χ3n) is 20.8. The van der Waals surface area contributed by atoms with Crippen LogP contribution >= 0.6 is 11.6 Å². The molecule has 3 saturated heterocycles. The van der Waals surface area contributed by atoms with E-state index in [1.165, 1.54) is 79.9 Å². The Bertz CT molecular complexity index is 3050. The van der Waals surface area contributed by atoms with Gasteiger partial charge in [-0.05, 0) is 125 Å². The number of likely N-dealkylation sites (tertiary alicyclic amines) is 1. The molecule has 2 aliphatic carbocycles. The molecule has 0 radical (unpaired) electrons. The number of likely N-dealkylation sites (N-methyl/N-ethyl adjacent to an activating group) is 7. The molecule has 5 fully saturated rings. The topological polar surface area (TPSA) is 270 Å². The molecule has 1 unspecified atom stereocenters. The molecule has 28 heteroatoms. The summed E-state index contributed by atoms with van der Waals surface area (Å²) in [5.41, 5.74) is -2.35. The van der Waals surface area contributed by atoms with Crippen molar-refractivity contribution < 1.29 is 70.7 Å². The van der Waals surface area contributed by atoms with Gasteiger partial charge < -0.3 is 60.0 Å². The number of benzene rings is 1. The molecule has 3 N–H and O–H groups in total. The van der Waals surface area contributed by atoms with Crippen molar-refractivity contribution in [3.63, 3.8) is 0 Å². The number of carbonyl (C=O) groups excluding carboxylic acids is 12. The van der Waals surface area contributed by atoms with Crippen LogP contribution in [0.3, 0.4) is 0 Å². The molecule has 1 aromatic rings. The van der Waals surface area contributed by atoms with Crippen molar-refractivity contribution in [2.75, 3.05) is 88.6 Å². The van der Waals surface area contributed by atoms with Crippen molar-refractivity contribution >= 4 is 82.5 Å². The monoisotopic (exact) mass is 1400 g/mol. The van der Waals surface area contributed by atoms with Gasteiger partial charge in [-0.25, -0.2) is 0 Å². The summed E-state index contributed by atoms with van der Waals surface area (Å²) >= 11 is 6.13. The minimum Gasteiger partial charge on any atom is -0.343 e. The van der Waals surface area contributed by atoms with E-state index in [-0.39, 0.29) is 63.3 Å². The molecule has 0 bridgehead atoms. The molecule has 24 nitrogen and oxygen atoms in total. The quantitative estimate of drug-likeness (QED) is 0.248. The number of hydrogen-bond acceptors (Lipinski definition) is 12. The number of rotatable bonds is 11. The molecule has 1 spiro atoms. The van der Waals surface area contributed by atoms with E-state index in [0.717, 1.165) is 52.5 Å². The molecule has 548 valence electrons. The van der Waals surface area contributed by atoms with Crippen LogP contribution in [0.5, 0.6) is 0 Å². The van der Waals surface area contributed by atoms with Gasteiger partial charge in [0.15, 0.2) is 0 Å². The fourth-order valence-corrected chi connectivity index (χ4v) is 14.9. The van der Waals surface area contributed by atoms with E-state index in [9.17, 15) is 41.9 Å². The number of nitrogens with one attached hydrogen (secondary N) is 3. The van der Waals surface area contributed by atoms with E-state index < -0.39 is 173 Å². The Labute approximate surface area is 581 Å². The van der Waals surface area contributed by atoms with Crippen LogP contribution in [0.4, 0.5) is 13.2 Å². The molecule has 98 heavy (non-hydrogen) atoms. The van der Waals surface area contributed by atoms with Gasteiger partial charge >= 0.3 is 6.18 Å². The lowest BCUT2D eigenvalue weighted by atomic mass is 9.81. The first-order valence-electron chi connectivity index (χ1n) is 35.2. The Morgan fingerprint density at radius 2 is 1.19 bits per heavy atom. The maximum absolute atomic E-state index is 15.8. The predicted octanol–water partition coefficient (Wildman–Crippen LogP) is 5.50. The smallest absolute Gasteiger partial charge is 0.343 e. The average molecular weight is 1400 g/mol. The number of nitrogens with zero attached hydrogens (tertiary/aromatic N) is 9. The largest absolute Gasteiger partial charge is 0.417 e. The van der Waals surface area contributed by atoms with Crippen LogP contribution in [0.1, 0.15) is 175 Å². The van der Waals surface area contributed by atoms with Crippen LogP contribution in [0.25, 0.3) is 0 Å². The lowest BCUT2D eigenvalue weighted by Gasteiger charge is -2.43. The van der Waals surface area contributed by atoms with Crippen molar-refractivity contribution in [2.45, 2.75) is 224 Å². The van der Waals surface area contributed by atoms with Crippen LogP contribution in [0.2, 0.25) is 5.02 Å². The molecular formula is C70H108ClF3N12O12. The second kappa shape index (κ2) is 35.3. The van der Waals surface area contributed by atoms with E-state index in [0.29, 0.717) is 70.0 Å². The van der Waals surface area contributed by atoms with Crippen molar-refractivity contribution in [1.82, 2.24) is 60.0 Å². The summed E-state index contributed by atoms with van der Waals surface area (Å²) in [5, 5.41) is 8.12. The van der Waals surface area contributed by atoms with Crippen LogP contribution in [-0.4, -0.2) is 251 Å². The van der Waals surface area contributed by atoms with E-state index in [1.54, 1.807) is 11.8 Å². The van der Waals surface area contributed by atoms with E-state index in [2.05, 4.69) is 16.0 Å². The summed E-state index contributed by atoms with van der Waals surface area (Å²) in [7, 11) is 9.88. The van der Waals surface area contributed by atoms with Crippen molar-refractivity contribution in [3.8, 4) is 0 Å². The third kappa shape index (κ3) is 20.1. The molecule has 3 aliphatic heterocycles. The highest BCUT2D eigenvalue weighted by molar-refractivity contribution is 6.31. The van der Waals surface area contributed by atoms with Crippen LogP contribution in [0, 0.1) is 23.7 Å². The highest BCUT2D eigenvalue weighted by Crippen LogP contribution is 2.38. The second-order valence-electron chi connectivity index (χ2n) is 29.1. The Kier molecular flexibility index (Phi) is 28.8. The van der Waals surface area contributed by atoms with Gasteiger partial charge in [0.1, 0.15) is 47.8 Å². The normalized spacial score (nSPS) is 26.2. The summed E-state index contributed by atoms with van der Waals surface area (Å²) in [6.45, 7) is 10.0. The second-order valence-corrected chi connectivity index (χ2v) is 29.5. The summed E-state index contributed by atoms with van der Waals surface area (Å²) in [5.74, 6) is -9.06. The first-order chi connectivity index (χ1) is 46.0. The van der Waals surface area contributed by atoms with Gasteiger partial charge in [-0.2, -0.15) is 13.2 Å². The standard InChI is InChI=1S/C70H108ClF3N12O12/c1-14-45(6)59-66(96)80(9)41-57(89)78(7)42-58(90)82(11)53(37-44(4)5)64(94)79(8)40-55(87)75-50(30-28-46-27-29-48(49(71)38-46)70(72,73)74)63(93)86-35-23-26-51(86)62(92)77-69(31-19-20-32-69)68(98)84(13)60(47-24-17-15-18-25-47)67(97)83(12)54(65(95)85-33-21-16-22-34-85)39-56(88)81(10)52(36-43(2)3)61(91)76-59/h27,29,38,43-45,47,50-54,59-60H,14-26,28,30-37,39-42H2,1-13H3,(H,75,87)(H,76,91)(H,77,92)/t45-,50-,51?,52-,53-,54-,59-,60-/m0/s1. The summed E-state index contributed by atoms with van der Waals surface area (Å²) < 4.78 is 41.5. The number of carbonyl (C=O) groups is 12. The molecule has 0 aromatic heterocycles. The highest BCUT2D eigenvalue weighted by Gasteiger charge is 2.51. The molecule has 1 aromatic carbocycles. The van der Waals surface area contributed by atoms with Crippen molar-refractivity contribution in [2.24, 2.45) is 23.7 Å². The maximum Gasteiger partial charge on any atom is 0.417 e. The van der Waals surface area contributed by atoms with E-state index in [4.69, 9.17) is 11.6 Å². The molecule has 3 heterocycles. The lowest BCUT2D eigenvalue weighted by molar-refractivity contribution is -0.157. The first kappa shape index (κ1) is 79.9. The zero-order valence-electron chi connectivity index (χ0n) is 59.9. The van der Waals surface area contributed by atoms with Crippen LogP contribution in [0.15, 0.2) is 18.2 Å². The number of piperidine rings is 1. The molecular weight excluding hydrogens is 1290 g/mol. The highest BCUT2D eigenvalue weighted by atomic mass is 35.5. The lowest BCUT2D eigenvalue weighted by Crippen LogP contribution is -2.65. The number of fused-ring (bicyclic) bond motifs is 1. The Balaban J connectivity index is 1.43. The fraction of sp³-hybridized carbons (Fsp3) is 0.743. The average Bonchev–Trinajstić information content (AvgIpc) is 1.17. The zero-order chi connectivity index (χ0) is 72.8. The summed E-state index contributed by atoms with van der Waals surface area (Å²) in [6, 6.07) is -5.61. The summed E-state index contributed by atoms with van der Waals surface area (Å²) in [6.07, 6.45) is 2.61. The predicted molar refractivity (Wildman–Crippen MR) is 362 cm³/mol. The van der Waals surface area contributed by atoms with Gasteiger partial charge in [-0.3, -0.25) is 57.5 Å². The third-order valence-corrected chi connectivity index (χ3v) is 21.1. The fourth-order valence-electron chi connectivity index (χ4n) is 14.6. The number of halogens is 4. The Morgan fingerprint density at radius 1 is 0.612 bits per heavy atom. The molecule has 12 amide bonds. The Hall–Kier alpha value is -7.06. The number of amides is 12. The minimum absolute atomic E-state index is 0.0337. The van der Waals surface area contributed by atoms with Gasteiger partial charge in [0.25, 0.3) is 0 Å². The zero-order valence-corrected chi connectivity index (χ0v) is 60.7. The molecule has 8 atom stereocenters. The van der Waals surface area contributed by atoms with Crippen LogP contribution in [-0.2, 0) is 70.1 Å². The number of alkyl halides is 3. The number of hydrogen-bond donors (Lipinski definition) is 3. The molecule has 5 aliphatic rings. The maximum atomic E-state index is 15.8. The molecule has 6 rings (SSSR count). The Morgan fingerprint density at radius 3 is 1.79 bits per heavy atom. The van der Waals surface area contributed by atoms with Gasteiger partial charge in [-0.1, -0.05) is 97.7 Å². The summed E-state index contributed by atoms with van der Waals surface area (Å²) in [4.78, 5) is 190. The molecule has 2 saturated carbocycles. The van der Waals surface area contributed by atoms with Gasteiger partial charge in [-0.15, -0.1) is 0 Å². The SMILES string of the molecule is CC[C@H](C)[C@@H]1NC(=O)[C@H](CC(C)C)N(C)C(=O)C[C@@H](C(=O)N2CCCCC2)N(C)C(=O)[C@H](C2CCCCC2)N(C)C(=O)C2(CCCC2)NC(=O)C2CCCN2C(=O)[C@H](CCc2ccc(C(F)(F)F)c(Cl)c2)NC(=O)CN(C)C(=O)[C@H](CC(C)C)N(C)C(=O)CN(C)C(=O)CN(C)C1=O. The minimum atomic E-state index is -4.76. The number of aryl methyl sites for hydroxylation is 1. The van der Waals surface area contributed by atoms with Gasteiger partial charge in [0, 0.05) is 69.0 Å².